The van der Waals surface area contributed by atoms with Crippen LogP contribution < -0.4 is 10.1 Å². The van der Waals surface area contributed by atoms with Crippen LogP contribution in [0.5, 0.6) is 5.88 Å². The minimum Gasteiger partial charge on any atom is -0.481 e. The molecule has 1 N–H and O–H groups in total. The van der Waals surface area contributed by atoms with Gasteiger partial charge in [-0.25, -0.2) is 9.97 Å². The number of aryl methyl sites for hydroxylation is 1. The number of nitrogens with one attached hydrogen (secondary N) is 1. The van der Waals surface area contributed by atoms with Gasteiger partial charge in [-0.3, -0.25) is 0 Å². The van der Waals surface area contributed by atoms with Crippen molar-refractivity contribution in [2.24, 2.45) is 0 Å². The highest BCUT2D eigenvalue weighted by Crippen LogP contribution is 2.17. The van der Waals surface area contributed by atoms with Crippen LogP contribution in [0.4, 0.5) is 0 Å². The third-order valence-corrected chi connectivity index (χ3v) is 3.95. The lowest BCUT2D eigenvalue weighted by atomic mass is 10.2. The summed E-state index contributed by atoms with van der Waals surface area (Å²) in [4.78, 5) is 8.78. The van der Waals surface area contributed by atoms with Gasteiger partial charge in [-0.05, 0) is 18.9 Å². The van der Waals surface area contributed by atoms with Crippen molar-refractivity contribution in [3.8, 4) is 5.88 Å². The summed E-state index contributed by atoms with van der Waals surface area (Å²) in [6.07, 6.45) is 2.83. The maximum atomic E-state index is 5.04. The van der Waals surface area contributed by atoms with Crippen molar-refractivity contribution in [3.63, 3.8) is 0 Å². The van der Waals surface area contributed by atoms with Crippen LogP contribution in [0.3, 0.4) is 0 Å². The predicted octanol–water partition coefficient (Wildman–Crippen LogP) is 2.96. The predicted molar refractivity (Wildman–Crippen MR) is 77.5 cm³/mol. The molecule has 0 radical (unpaired) electrons. The van der Waals surface area contributed by atoms with Gasteiger partial charge in [0.25, 0.3) is 0 Å². The summed E-state index contributed by atoms with van der Waals surface area (Å²) in [5.41, 5.74) is 2.25. The van der Waals surface area contributed by atoms with Crippen LogP contribution in [0.1, 0.15) is 36.2 Å². The summed E-state index contributed by atoms with van der Waals surface area (Å²) in [5, 5.41) is 6.77. The number of rotatable bonds is 6. The van der Waals surface area contributed by atoms with Gasteiger partial charge in [0.05, 0.1) is 17.8 Å². The smallest absolute Gasteiger partial charge is 0.212 e. The Balaban J connectivity index is 1.90. The Morgan fingerprint density at radius 1 is 1.42 bits per heavy atom. The zero-order valence-electron chi connectivity index (χ0n) is 11.5. The van der Waals surface area contributed by atoms with Crippen LogP contribution in [0.2, 0.25) is 0 Å². The number of nitrogens with zero attached hydrogens (tertiary/aromatic N) is 2. The number of methoxy groups -OCH3 is 1. The number of ether oxygens (including phenoxy) is 1. The first-order valence-electron chi connectivity index (χ1n) is 6.39. The SMILES string of the molecule is CCc1nc(C(C)NCc2ccc(OC)nc2)cs1. The van der Waals surface area contributed by atoms with Gasteiger partial charge in [0, 0.05) is 30.2 Å². The van der Waals surface area contributed by atoms with Gasteiger partial charge in [-0.2, -0.15) is 0 Å². The topological polar surface area (TPSA) is 47.0 Å². The largest absolute Gasteiger partial charge is 0.481 e. The monoisotopic (exact) mass is 277 g/mol. The van der Waals surface area contributed by atoms with Gasteiger partial charge < -0.3 is 10.1 Å². The second-order valence-corrected chi connectivity index (χ2v) is 5.27. The molecule has 5 heteroatoms. The molecule has 1 atom stereocenters. The Bertz CT molecular complexity index is 510. The van der Waals surface area contributed by atoms with Crippen LogP contribution in [-0.4, -0.2) is 17.1 Å². The molecule has 1 unspecified atom stereocenters. The van der Waals surface area contributed by atoms with Crippen molar-refractivity contribution >= 4 is 11.3 Å². The van der Waals surface area contributed by atoms with Crippen molar-refractivity contribution in [2.45, 2.75) is 32.9 Å². The van der Waals surface area contributed by atoms with E-state index in [9.17, 15) is 0 Å². The molecule has 19 heavy (non-hydrogen) atoms. The fraction of sp³-hybridized carbons (Fsp3) is 0.429. The number of aromatic nitrogens is 2. The molecule has 2 aromatic heterocycles. The second kappa shape index (κ2) is 6.63. The van der Waals surface area contributed by atoms with E-state index < -0.39 is 0 Å². The maximum Gasteiger partial charge on any atom is 0.212 e. The van der Waals surface area contributed by atoms with E-state index in [0.29, 0.717) is 5.88 Å². The normalized spacial score (nSPS) is 12.4. The Labute approximate surface area is 117 Å². The molecule has 0 bridgehead atoms. The zero-order chi connectivity index (χ0) is 13.7. The summed E-state index contributed by atoms with van der Waals surface area (Å²) in [7, 11) is 1.62. The minimum absolute atomic E-state index is 0.249. The minimum atomic E-state index is 0.249. The summed E-state index contributed by atoms with van der Waals surface area (Å²) < 4.78 is 5.04. The molecule has 2 rings (SSSR count). The van der Waals surface area contributed by atoms with Gasteiger partial charge in [0.1, 0.15) is 0 Å². The van der Waals surface area contributed by atoms with E-state index in [0.717, 1.165) is 24.2 Å². The van der Waals surface area contributed by atoms with Crippen molar-refractivity contribution in [3.05, 3.63) is 40.0 Å². The number of hydrogen-bond donors (Lipinski definition) is 1. The van der Waals surface area contributed by atoms with E-state index in [-0.39, 0.29) is 6.04 Å². The first-order valence-corrected chi connectivity index (χ1v) is 7.27. The van der Waals surface area contributed by atoms with E-state index in [2.05, 4.69) is 34.5 Å². The molecule has 0 spiro atoms. The van der Waals surface area contributed by atoms with Crippen LogP contribution in [0.15, 0.2) is 23.7 Å². The van der Waals surface area contributed by atoms with E-state index in [1.807, 2.05) is 18.3 Å². The van der Waals surface area contributed by atoms with Gasteiger partial charge in [-0.15, -0.1) is 11.3 Å². The Morgan fingerprint density at radius 2 is 2.26 bits per heavy atom. The summed E-state index contributed by atoms with van der Waals surface area (Å²) in [5.74, 6) is 0.642. The highest BCUT2D eigenvalue weighted by atomic mass is 32.1. The van der Waals surface area contributed by atoms with Crippen LogP contribution in [0.25, 0.3) is 0 Å². The molecule has 0 amide bonds. The van der Waals surface area contributed by atoms with E-state index >= 15 is 0 Å². The number of thiazole rings is 1. The molecular formula is C14H19N3OS. The molecule has 0 saturated heterocycles. The number of pyridine rings is 1. The molecule has 2 heterocycles. The molecular weight excluding hydrogens is 258 g/mol. The lowest BCUT2D eigenvalue weighted by Crippen LogP contribution is -2.18. The van der Waals surface area contributed by atoms with Gasteiger partial charge >= 0.3 is 0 Å². The maximum absolute atomic E-state index is 5.04. The van der Waals surface area contributed by atoms with Crippen molar-refractivity contribution in [2.75, 3.05) is 7.11 Å². The lowest BCUT2D eigenvalue weighted by molar-refractivity contribution is 0.397. The summed E-state index contributed by atoms with van der Waals surface area (Å²) >= 11 is 1.72. The first kappa shape index (κ1) is 14.0. The number of hydrogen-bond acceptors (Lipinski definition) is 5. The van der Waals surface area contributed by atoms with Crippen LogP contribution in [-0.2, 0) is 13.0 Å². The Morgan fingerprint density at radius 3 is 2.84 bits per heavy atom. The molecule has 0 saturated carbocycles. The fourth-order valence-corrected chi connectivity index (χ4v) is 2.54. The molecule has 0 aromatic carbocycles. The Kier molecular flexibility index (Phi) is 4.87. The van der Waals surface area contributed by atoms with E-state index in [4.69, 9.17) is 4.74 Å². The molecule has 0 aliphatic heterocycles. The van der Waals surface area contributed by atoms with Crippen molar-refractivity contribution in [1.29, 1.82) is 0 Å². The Hall–Kier alpha value is -1.46. The summed E-state index contributed by atoms with van der Waals surface area (Å²) in [6, 6.07) is 4.14. The standard InChI is InChI=1S/C14H19N3OS/c1-4-14-17-12(9-19-14)10(2)15-7-11-5-6-13(18-3)16-8-11/h5-6,8-10,15H,4,7H2,1-3H3. The summed E-state index contributed by atoms with van der Waals surface area (Å²) in [6.45, 7) is 5.03. The molecule has 102 valence electrons. The zero-order valence-corrected chi connectivity index (χ0v) is 12.3. The van der Waals surface area contributed by atoms with Gasteiger partial charge in [0.2, 0.25) is 5.88 Å². The highest BCUT2D eigenvalue weighted by Gasteiger charge is 2.09. The lowest BCUT2D eigenvalue weighted by Gasteiger charge is -2.11. The van der Waals surface area contributed by atoms with E-state index in [1.54, 1.807) is 18.4 Å². The molecule has 2 aromatic rings. The van der Waals surface area contributed by atoms with Crippen LogP contribution >= 0.6 is 11.3 Å². The van der Waals surface area contributed by atoms with Crippen molar-refractivity contribution < 1.29 is 4.74 Å². The average molecular weight is 277 g/mol. The van der Waals surface area contributed by atoms with Crippen LogP contribution in [0, 0.1) is 0 Å². The van der Waals surface area contributed by atoms with E-state index in [1.165, 1.54) is 5.01 Å². The first-order chi connectivity index (χ1) is 9.22. The fourth-order valence-electron chi connectivity index (χ4n) is 1.70. The quantitative estimate of drug-likeness (QED) is 0.882. The molecule has 0 aliphatic rings. The van der Waals surface area contributed by atoms with Gasteiger partial charge in [0.15, 0.2) is 0 Å². The third-order valence-electron chi connectivity index (χ3n) is 2.93. The molecule has 4 nitrogen and oxygen atoms in total. The molecule has 0 fully saturated rings. The third kappa shape index (κ3) is 3.75. The average Bonchev–Trinajstić information content (AvgIpc) is 2.94. The van der Waals surface area contributed by atoms with Crippen molar-refractivity contribution in [1.82, 2.24) is 15.3 Å². The highest BCUT2D eigenvalue weighted by molar-refractivity contribution is 7.09. The molecule has 0 aliphatic carbocycles. The second-order valence-electron chi connectivity index (χ2n) is 4.33. The van der Waals surface area contributed by atoms with Gasteiger partial charge in [-0.1, -0.05) is 13.0 Å².